The largest absolute Gasteiger partial charge is 0.399 e. The first-order chi connectivity index (χ1) is 4.33. The summed E-state index contributed by atoms with van der Waals surface area (Å²) in [6.45, 7) is 1.99. The van der Waals surface area contributed by atoms with E-state index in [-0.39, 0.29) is 0 Å². The third kappa shape index (κ3) is 1.46. The Balaban J connectivity index is 2.94. The van der Waals surface area contributed by atoms with Crippen molar-refractivity contribution in [1.82, 2.24) is 0 Å². The standard InChI is InChI=1S/C8H10N/c1-2-7-4-3-5-8(9)6-7/h2-6H,9H2,1H3. The van der Waals surface area contributed by atoms with Crippen molar-refractivity contribution in [1.29, 1.82) is 0 Å². The number of nitrogen functional groups attached to an aromatic ring is 1. The van der Waals surface area contributed by atoms with Gasteiger partial charge in [0.15, 0.2) is 0 Å². The third-order valence-corrected chi connectivity index (χ3v) is 1.24. The number of nitrogens with two attached hydrogens (primary N) is 1. The second-order valence-corrected chi connectivity index (χ2v) is 1.96. The van der Waals surface area contributed by atoms with Crippen LogP contribution in [0.3, 0.4) is 0 Å². The summed E-state index contributed by atoms with van der Waals surface area (Å²) in [5, 5.41) is 0. The van der Waals surface area contributed by atoms with Gasteiger partial charge >= 0.3 is 0 Å². The van der Waals surface area contributed by atoms with Gasteiger partial charge in [-0.3, -0.25) is 0 Å². The summed E-state index contributed by atoms with van der Waals surface area (Å²) in [6, 6.07) is 7.80. The maximum Gasteiger partial charge on any atom is 0.0316 e. The van der Waals surface area contributed by atoms with Crippen molar-refractivity contribution in [3.05, 3.63) is 36.2 Å². The minimum atomic E-state index is 0.825. The molecular weight excluding hydrogens is 110 g/mol. The van der Waals surface area contributed by atoms with E-state index in [1.54, 1.807) is 0 Å². The molecule has 0 atom stereocenters. The van der Waals surface area contributed by atoms with Gasteiger partial charge in [-0.1, -0.05) is 19.1 Å². The zero-order valence-corrected chi connectivity index (χ0v) is 5.46. The smallest absolute Gasteiger partial charge is 0.0316 e. The number of anilines is 1. The van der Waals surface area contributed by atoms with Crippen LogP contribution in [-0.4, -0.2) is 0 Å². The van der Waals surface area contributed by atoms with Crippen LogP contribution in [0.1, 0.15) is 12.5 Å². The van der Waals surface area contributed by atoms with Gasteiger partial charge in [-0.25, -0.2) is 0 Å². The summed E-state index contributed by atoms with van der Waals surface area (Å²) in [6.07, 6.45) is 2.02. The predicted octanol–water partition coefficient (Wildman–Crippen LogP) is 1.84. The van der Waals surface area contributed by atoms with Gasteiger partial charge in [-0.2, -0.15) is 0 Å². The highest BCUT2D eigenvalue weighted by molar-refractivity contribution is 5.42. The molecule has 1 heteroatoms. The molecule has 2 N–H and O–H groups in total. The van der Waals surface area contributed by atoms with Crippen molar-refractivity contribution in [2.75, 3.05) is 5.73 Å². The van der Waals surface area contributed by atoms with Crippen molar-refractivity contribution in [3.8, 4) is 0 Å². The lowest BCUT2D eigenvalue weighted by atomic mass is 10.1. The Morgan fingerprint density at radius 1 is 1.44 bits per heavy atom. The lowest BCUT2D eigenvalue weighted by Gasteiger charge is -1.95. The van der Waals surface area contributed by atoms with E-state index in [1.807, 2.05) is 37.6 Å². The molecule has 0 aromatic heterocycles. The summed E-state index contributed by atoms with van der Waals surface area (Å²) in [5.74, 6) is 0. The van der Waals surface area contributed by atoms with E-state index in [1.165, 1.54) is 5.56 Å². The van der Waals surface area contributed by atoms with E-state index in [0.29, 0.717) is 0 Å². The van der Waals surface area contributed by atoms with Gasteiger partial charge < -0.3 is 5.73 Å². The van der Waals surface area contributed by atoms with Gasteiger partial charge in [0.05, 0.1) is 0 Å². The van der Waals surface area contributed by atoms with Crippen molar-refractivity contribution in [2.24, 2.45) is 0 Å². The Morgan fingerprint density at radius 2 is 2.22 bits per heavy atom. The molecule has 0 aliphatic rings. The molecule has 0 aliphatic carbocycles. The zero-order valence-electron chi connectivity index (χ0n) is 5.46. The van der Waals surface area contributed by atoms with Crippen LogP contribution in [-0.2, 0) is 0 Å². The average Bonchev–Trinajstić information content (AvgIpc) is 1.88. The molecule has 0 aliphatic heterocycles. The fourth-order valence-electron chi connectivity index (χ4n) is 0.739. The monoisotopic (exact) mass is 120 g/mol. The van der Waals surface area contributed by atoms with E-state index >= 15 is 0 Å². The normalized spacial score (nSPS) is 9.44. The average molecular weight is 120 g/mol. The quantitative estimate of drug-likeness (QED) is 0.562. The molecular formula is C8H10N. The van der Waals surface area contributed by atoms with E-state index in [0.717, 1.165) is 5.69 Å². The van der Waals surface area contributed by atoms with Gasteiger partial charge in [-0.05, 0) is 24.1 Å². The van der Waals surface area contributed by atoms with Crippen molar-refractivity contribution < 1.29 is 0 Å². The van der Waals surface area contributed by atoms with Crippen molar-refractivity contribution in [3.63, 3.8) is 0 Å². The molecule has 1 nitrogen and oxygen atoms in total. The Labute approximate surface area is 55.5 Å². The van der Waals surface area contributed by atoms with Gasteiger partial charge in [0.2, 0.25) is 0 Å². The lowest BCUT2D eigenvalue weighted by molar-refractivity contribution is 1.43. The minimum absolute atomic E-state index is 0.825. The number of benzene rings is 1. The second-order valence-electron chi connectivity index (χ2n) is 1.96. The Bertz CT molecular complexity index is 194. The Hall–Kier alpha value is -0.980. The predicted molar refractivity (Wildman–Crippen MR) is 39.9 cm³/mol. The summed E-state index contributed by atoms with van der Waals surface area (Å²) in [5.41, 5.74) is 7.51. The van der Waals surface area contributed by atoms with Crippen molar-refractivity contribution >= 4 is 5.69 Å². The maximum atomic E-state index is 5.51. The molecule has 0 saturated carbocycles. The van der Waals surface area contributed by atoms with Gasteiger partial charge in [0.1, 0.15) is 0 Å². The van der Waals surface area contributed by atoms with Gasteiger partial charge in [-0.15, -0.1) is 0 Å². The molecule has 0 saturated heterocycles. The fourth-order valence-corrected chi connectivity index (χ4v) is 0.739. The number of rotatable bonds is 1. The molecule has 9 heavy (non-hydrogen) atoms. The second kappa shape index (κ2) is 2.53. The molecule has 1 rings (SSSR count). The first-order valence-electron chi connectivity index (χ1n) is 2.98. The molecule has 0 spiro atoms. The summed E-state index contributed by atoms with van der Waals surface area (Å²) in [7, 11) is 0. The van der Waals surface area contributed by atoms with E-state index in [2.05, 4.69) is 0 Å². The first kappa shape index (κ1) is 6.14. The lowest BCUT2D eigenvalue weighted by Crippen LogP contribution is -1.84. The number of hydrogen-bond donors (Lipinski definition) is 1. The van der Waals surface area contributed by atoms with Crippen LogP contribution >= 0.6 is 0 Å². The van der Waals surface area contributed by atoms with Crippen LogP contribution < -0.4 is 5.73 Å². The maximum absolute atomic E-state index is 5.51. The SMILES string of the molecule is C[CH]c1cccc(N)c1. The summed E-state index contributed by atoms with van der Waals surface area (Å²) >= 11 is 0. The topological polar surface area (TPSA) is 26.0 Å². The van der Waals surface area contributed by atoms with E-state index in [4.69, 9.17) is 5.73 Å². The van der Waals surface area contributed by atoms with Crippen LogP contribution in [0.4, 0.5) is 5.69 Å². The first-order valence-corrected chi connectivity index (χ1v) is 2.98. The van der Waals surface area contributed by atoms with Gasteiger partial charge in [0, 0.05) is 5.69 Å². The van der Waals surface area contributed by atoms with Crippen LogP contribution in [0.15, 0.2) is 24.3 Å². The molecule has 1 aromatic rings. The summed E-state index contributed by atoms with van der Waals surface area (Å²) < 4.78 is 0. The molecule has 0 heterocycles. The van der Waals surface area contributed by atoms with E-state index < -0.39 is 0 Å². The molecule has 0 unspecified atom stereocenters. The third-order valence-electron chi connectivity index (χ3n) is 1.24. The highest BCUT2D eigenvalue weighted by Gasteiger charge is 1.86. The van der Waals surface area contributed by atoms with Crippen LogP contribution in [0.5, 0.6) is 0 Å². The molecule has 0 bridgehead atoms. The van der Waals surface area contributed by atoms with Crippen LogP contribution in [0, 0.1) is 6.42 Å². The van der Waals surface area contributed by atoms with Crippen LogP contribution in [0.2, 0.25) is 0 Å². The van der Waals surface area contributed by atoms with Gasteiger partial charge in [0.25, 0.3) is 0 Å². The molecule has 0 fully saturated rings. The molecule has 0 amide bonds. The van der Waals surface area contributed by atoms with E-state index in [9.17, 15) is 0 Å². The number of hydrogen-bond acceptors (Lipinski definition) is 1. The molecule has 47 valence electrons. The Kier molecular flexibility index (Phi) is 1.73. The molecule has 1 aromatic carbocycles. The Morgan fingerprint density at radius 3 is 2.67 bits per heavy atom. The van der Waals surface area contributed by atoms with Crippen LogP contribution in [0.25, 0.3) is 0 Å². The highest BCUT2D eigenvalue weighted by Crippen LogP contribution is 2.07. The molecule has 1 radical (unpaired) electrons. The zero-order chi connectivity index (χ0) is 6.69. The van der Waals surface area contributed by atoms with Crippen molar-refractivity contribution in [2.45, 2.75) is 6.92 Å². The minimum Gasteiger partial charge on any atom is -0.399 e. The fraction of sp³-hybridized carbons (Fsp3) is 0.125. The summed E-state index contributed by atoms with van der Waals surface area (Å²) in [4.78, 5) is 0. The highest BCUT2D eigenvalue weighted by atomic mass is 14.5.